The molecular formula is C33H32Cl2N4O3. The smallest absolute Gasteiger partial charge is 0.303 e. The van der Waals surface area contributed by atoms with Crippen molar-refractivity contribution in [3.05, 3.63) is 106 Å². The maximum Gasteiger partial charge on any atom is 0.303 e. The second kappa shape index (κ2) is 13.7. The van der Waals surface area contributed by atoms with Crippen LogP contribution in [0.3, 0.4) is 0 Å². The Morgan fingerprint density at radius 3 is 2.36 bits per heavy atom. The highest BCUT2D eigenvalue weighted by Crippen LogP contribution is 2.38. The van der Waals surface area contributed by atoms with Crippen molar-refractivity contribution in [3.8, 4) is 16.9 Å². The number of fused-ring (bicyclic) bond motifs is 1. The molecule has 0 unspecified atom stereocenters. The Balaban J connectivity index is 1.48. The summed E-state index contributed by atoms with van der Waals surface area (Å²) in [5.74, 6) is -0.968. The van der Waals surface area contributed by atoms with Gasteiger partial charge in [0.25, 0.3) is 5.91 Å². The maximum atomic E-state index is 13.7. The molecule has 0 spiro atoms. The van der Waals surface area contributed by atoms with E-state index >= 15 is 0 Å². The van der Waals surface area contributed by atoms with Gasteiger partial charge in [-0.3, -0.25) is 9.59 Å². The number of H-pyrrole nitrogens is 1. The van der Waals surface area contributed by atoms with Gasteiger partial charge in [0.2, 0.25) is 0 Å². The van der Waals surface area contributed by atoms with Crippen LogP contribution in [-0.2, 0) is 11.2 Å². The highest BCUT2D eigenvalue weighted by molar-refractivity contribution is 6.31. The monoisotopic (exact) mass is 602 g/mol. The fraction of sp³-hybridized carbons (Fsp3) is 0.242. The first-order chi connectivity index (χ1) is 20.4. The van der Waals surface area contributed by atoms with Gasteiger partial charge in [0.05, 0.1) is 17.6 Å². The van der Waals surface area contributed by atoms with Gasteiger partial charge in [0, 0.05) is 51.5 Å². The number of para-hydroxylation sites is 1. The zero-order valence-electron chi connectivity index (χ0n) is 23.1. The van der Waals surface area contributed by atoms with E-state index in [9.17, 15) is 9.59 Å². The van der Waals surface area contributed by atoms with Crippen molar-refractivity contribution in [2.45, 2.75) is 44.9 Å². The first kappa shape index (κ1) is 29.4. The predicted octanol–water partition coefficient (Wildman–Crippen LogP) is 8.07. The van der Waals surface area contributed by atoms with Crippen molar-refractivity contribution in [1.29, 1.82) is 0 Å². The Morgan fingerprint density at radius 2 is 1.60 bits per heavy atom. The standard InChI is InChI=1S/C33H32Cl2N4O3/c34-24-14-12-22(13-15-24)19-23-21-37-39(26-9-5-4-6-10-26)32(23)30-27-17-16-25(35)20-28(27)38-31(30)33(42)36-18-8-3-1-2-7-11-29(40)41/h4-6,9-10,12-17,20-21,38H,1-3,7-8,11,18-19H2,(H,36,42)(H,40,41). The van der Waals surface area contributed by atoms with Gasteiger partial charge in [-0.05, 0) is 54.8 Å². The zero-order chi connectivity index (χ0) is 29.5. The molecule has 3 N–H and O–H groups in total. The molecule has 5 aromatic rings. The third-order valence-electron chi connectivity index (χ3n) is 7.23. The quantitative estimate of drug-likeness (QED) is 0.119. The van der Waals surface area contributed by atoms with E-state index in [0.717, 1.165) is 64.7 Å². The number of carbonyl (C=O) groups excluding carboxylic acids is 1. The van der Waals surface area contributed by atoms with Gasteiger partial charge in [-0.2, -0.15) is 5.10 Å². The van der Waals surface area contributed by atoms with Crippen molar-refractivity contribution >= 4 is 46.0 Å². The van der Waals surface area contributed by atoms with Crippen molar-refractivity contribution in [1.82, 2.24) is 20.1 Å². The number of amides is 1. The van der Waals surface area contributed by atoms with Gasteiger partial charge in [-0.25, -0.2) is 4.68 Å². The van der Waals surface area contributed by atoms with E-state index in [2.05, 4.69) is 10.3 Å². The molecule has 2 heterocycles. The minimum absolute atomic E-state index is 0.198. The molecule has 7 nitrogen and oxygen atoms in total. The third kappa shape index (κ3) is 7.04. The molecule has 216 valence electrons. The van der Waals surface area contributed by atoms with Crippen LogP contribution in [0.5, 0.6) is 0 Å². The van der Waals surface area contributed by atoms with Crippen LogP contribution in [0.15, 0.2) is 79.0 Å². The lowest BCUT2D eigenvalue weighted by Gasteiger charge is -2.13. The third-order valence-corrected chi connectivity index (χ3v) is 7.72. The number of hydrogen-bond acceptors (Lipinski definition) is 3. The van der Waals surface area contributed by atoms with Crippen LogP contribution < -0.4 is 5.32 Å². The molecule has 0 saturated carbocycles. The molecule has 1 amide bonds. The average molecular weight is 604 g/mol. The van der Waals surface area contributed by atoms with Crippen LogP contribution in [0.4, 0.5) is 0 Å². The molecule has 0 bridgehead atoms. The summed E-state index contributed by atoms with van der Waals surface area (Å²) in [5, 5.41) is 18.8. The number of carboxylic acids is 1. The summed E-state index contributed by atoms with van der Waals surface area (Å²) in [6, 6.07) is 23.2. The first-order valence-corrected chi connectivity index (χ1v) is 14.8. The minimum atomic E-state index is -0.761. The number of rotatable bonds is 13. The van der Waals surface area contributed by atoms with E-state index in [1.807, 2.05) is 83.7 Å². The van der Waals surface area contributed by atoms with E-state index < -0.39 is 5.97 Å². The van der Waals surface area contributed by atoms with E-state index in [1.165, 1.54) is 0 Å². The van der Waals surface area contributed by atoms with Gasteiger partial charge < -0.3 is 15.4 Å². The molecule has 3 aromatic carbocycles. The number of carboxylic acid groups (broad SMARTS) is 1. The summed E-state index contributed by atoms with van der Waals surface area (Å²) in [4.78, 5) is 27.7. The number of benzene rings is 3. The number of aromatic nitrogens is 3. The normalized spacial score (nSPS) is 11.2. The summed E-state index contributed by atoms with van der Waals surface area (Å²) >= 11 is 12.5. The molecule has 5 rings (SSSR count). The average Bonchev–Trinajstić information content (AvgIpc) is 3.56. The molecule has 0 aliphatic heterocycles. The van der Waals surface area contributed by atoms with Crippen molar-refractivity contribution in [2.75, 3.05) is 6.54 Å². The van der Waals surface area contributed by atoms with Gasteiger partial charge in [-0.1, -0.05) is 78.9 Å². The number of carbonyl (C=O) groups is 2. The summed E-state index contributed by atoms with van der Waals surface area (Å²) in [5.41, 5.74) is 5.72. The first-order valence-electron chi connectivity index (χ1n) is 14.1. The lowest BCUT2D eigenvalue weighted by atomic mass is 9.98. The van der Waals surface area contributed by atoms with Crippen LogP contribution in [0.25, 0.3) is 27.8 Å². The second-order valence-corrected chi connectivity index (χ2v) is 11.2. The molecule has 9 heteroatoms. The molecule has 0 saturated heterocycles. The summed E-state index contributed by atoms with van der Waals surface area (Å²) in [6.07, 6.45) is 6.86. The molecule has 0 atom stereocenters. The van der Waals surface area contributed by atoms with E-state index in [0.29, 0.717) is 35.1 Å². The zero-order valence-corrected chi connectivity index (χ0v) is 24.6. The molecule has 0 aliphatic carbocycles. The number of aliphatic carboxylic acids is 1. The number of hydrogen-bond donors (Lipinski definition) is 3. The van der Waals surface area contributed by atoms with Crippen LogP contribution >= 0.6 is 23.2 Å². The van der Waals surface area contributed by atoms with E-state index in [1.54, 1.807) is 0 Å². The molecule has 0 radical (unpaired) electrons. The Kier molecular flexibility index (Phi) is 9.62. The van der Waals surface area contributed by atoms with Crippen LogP contribution in [-0.4, -0.2) is 38.3 Å². The summed E-state index contributed by atoms with van der Waals surface area (Å²) in [6.45, 7) is 0.517. The second-order valence-electron chi connectivity index (χ2n) is 10.3. The number of nitrogens with zero attached hydrogens (tertiary/aromatic N) is 2. The van der Waals surface area contributed by atoms with Crippen LogP contribution in [0.2, 0.25) is 10.0 Å². The summed E-state index contributed by atoms with van der Waals surface area (Å²) in [7, 11) is 0. The van der Waals surface area contributed by atoms with E-state index in [-0.39, 0.29) is 12.3 Å². The Hall–Kier alpha value is -4.07. The van der Waals surface area contributed by atoms with Gasteiger partial charge in [0.1, 0.15) is 5.69 Å². The molecular weight excluding hydrogens is 571 g/mol. The fourth-order valence-corrected chi connectivity index (χ4v) is 5.47. The van der Waals surface area contributed by atoms with Crippen LogP contribution in [0, 0.1) is 0 Å². The van der Waals surface area contributed by atoms with Crippen molar-refractivity contribution in [3.63, 3.8) is 0 Å². The lowest BCUT2D eigenvalue weighted by molar-refractivity contribution is -0.137. The Bertz CT molecular complexity index is 1680. The Labute approximate surface area is 254 Å². The SMILES string of the molecule is O=C(O)CCCCCCCNC(=O)c1[nH]c2cc(Cl)ccc2c1-c1c(Cc2ccc(Cl)cc2)cnn1-c1ccccc1. The van der Waals surface area contributed by atoms with E-state index in [4.69, 9.17) is 33.4 Å². The predicted molar refractivity (Wildman–Crippen MR) is 168 cm³/mol. The number of halogens is 2. The summed E-state index contributed by atoms with van der Waals surface area (Å²) < 4.78 is 1.89. The van der Waals surface area contributed by atoms with Crippen molar-refractivity contribution in [2.24, 2.45) is 0 Å². The van der Waals surface area contributed by atoms with Crippen molar-refractivity contribution < 1.29 is 14.7 Å². The maximum absolute atomic E-state index is 13.7. The largest absolute Gasteiger partial charge is 0.481 e. The van der Waals surface area contributed by atoms with Gasteiger partial charge in [0.15, 0.2) is 0 Å². The fourth-order valence-electron chi connectivity index (χ4n) is 5.17. The topological polar surface area (TPSA) is 100 Å². The molecule has 2 aromatic heterocycles. The van der Waals surface area contributed by atoms with Gasteiger partial charge >= 0.3 is 5.97 Å². The van der Waals surface area contributed by atoms with Gasteiger partial charge in [-0.15, -0.1) is 0 Å². The number of unbranched alkanes of at least 4 members (excludes halogenated alkanes) is 4. The highest BCUT2D eigenvalue weighted by Gasteiger charge is 2.25. The minimum Gasteiger partial charge on any atom is -0.481 e. The lowest BCUT2D eigenvalue weighted by Crippen LogP contribution is -2.25. The Morgan fingerprint density at radius 1 is 0.881 bits per heavy atom. The number of nitrogens with one attached hydrogen (secondary N) is 2. The molecule has 0 aliphatic rings. The number of aromatic amines is 1. The molecule has 0 fully saturated rings. The van der Waals surface area contributed by atoms with Crippen LogP contribution in [0.1, 0.15) is 60.1 Å². The highest BCUT2D eigenvalue weighted by atomic mass is 35.5. The molecule has 42 heavy (non-hydrogen) atoms.